The topological polar surface area (TPSA) is 73.7 Å². The number of nitrogens with zero attached hydrogens (tertiary/aromatic N) is 3. The first kappa shape index (κ1) is 10.4. The minimum Gasteiger partial charge on any atom is -0.480 e. The molecule has 16 heavy (non-hydrogen) atoms. The number of carbonyl (C=O) groups excluding carboxylic acids is 1. The van der Waals surface area contributed by atoms with Gasteiger partial charge in [0, 0.05) is 13.2 Å². The van der Waals surface area contributed by atoms with E-state index in [0.29, 0.717) is 5.69 Å². The highest BCUT2D eigenvalue weighted by molar-refractivity contribution is 5.98. The van der Waals surface area contributed by atoms with E-state index in [1.54, 1.807) is 18.3 Å². The third-order valence-electron chi connectivity index (χ3n) is 2.60. The molecule has 84 valence electrons. The number of amides is 2. The summed E-state index contributed by atoms with van der Waals surface area (Å²) in [4.78, 5) is 29.2. The third kappa shape index (κ3) is 1.58. The number of carbonyl (C=O) groups is 2. The molecule has 1 fully saturated rings. The highest BCUT2D eigenvalue weighted by atomic mass is 16.4. The number of aliphatic carboxylic acids is 1. The SMILES string of the molecule is CN1C(=O)N(c2cccnc2)CC1C(=O)O. The Morgan fingerprint density at radius 1 is 1.62 bits per heavy atom. The second kappa shape index (κ2) is 3.80. The molecule has 1 unspecified atom stereocenters. The summed E-state index contributed by atoms with van der Waals surface area (Å²) in [6.07, 6.45) is 3.14. The van der Waals surface area contributed by atoms with Gasteiger partial charge in [-0.1, -0.05) is 0 Å². The van der Waals surface area contributed by atoms with Gasteiger partial charge in [0.15, 0.2) is 0 Å². The minimum absolute atomic E-state index is 0.149. The predicted molar refractivity (Wildman–Crippen MR) is 56.2 cm³/mol. The number of urea groups is 1. The second-order valence-corrected chi connectivity index (χ2v) is 3.57. The van der Waals surface area contributed by atoms with Gasteiger partial charge in [-0.15, -0.1) is 0 Å². The maximum Gasteiger partial charge on any atom is 0.328 e. The summed E-state index contributed by atoms with van der Waals surface area (Å²) in [5, 5.41) is 8.93. The zero-order valence-electron chi connectivity index (χ0n) is 8.70. The molecule has 2 amide bonds. The quantitative estimate of drug-likeness (QED) is 0.784. The normalized spacial score (nSPS) is 20.3. The molecule has 6 nitrogen and oxygen atoms in total. The van der Waals surface area contributed by atoms with Gasteiger partial charge in [-0.05, 0) is 12.1 Å². The molecular formula is C10H11N3O3. The average molecular weight is 221 g/mol. The molecule has 0 spiro atoms. The molecule has 1 atom stereocenters. The van der Waals surface area contributed by atoms with E-state index in [1.165, 1.54) is 23.0 Å². The van der Waals surface area contributed by atoms with E-state index in [-0.39, 0.29) is 12.6 Å². The van der Waals surface area contributed by atoms with Crippen molar-refractivity contribution in [1.29, 1.82) is 0 Å². The predicted octanol–water partition coefficient (Wildman–Crippen LogP) is 0.407. The Hall–Kier alpha value is -2.11. The van der Waals surface area contributed by atoms with Crippen LogP contribution in [0.2, 0.25) is 0 Å². The van der Waals surface area contributed by atoms with Gasteiger partial charge < -0.3 is 10.0 Å². The molecule has 0 aromatic carbocycles. The summed E-state index contributed by atoms with van der Waals surface area (Å²) in [6, 6.07) is 2.31. The first-order valence-corrected chi connectivity index (χ1v) is 4.78. The van der Waals surface area contributed by atoms with Crippen molar-refractivity contribution in [1.82, 2.24) is 9.88 Å². The lowest BCUT2D eigenvalue weighted by Crippen LogP contribution is -2.36. The number of likely N-dealkylation sites (N-methyl/N-ethyl adjacent to an activating group) is 1. The summed E-state index contributed by atoms with van der Waals surface area (Å²) in [6.45, 7) is 0.149. The summed E-state index contributed by atoms with van der Waals surface area (Å²) in [5.41, 5.74) is 0.614. The summed E-state index contributed by atoms with van der Waals surface area (Å²) in [7, 11) is 1.48. The molecule has 1 aliphatic rings. The molecule has 0 bridgehead atoms. The first-order chi connectivity index (χ1) is 7.61. The summed E-state index contributed by atoms with van der Waals surface area (Å²) in [5.74, 6) is -0.998. The molecule has 6 heteroatoms. The van der Waals surface area contributed by atoms with Crippen molar-refractivity contribution in [3.8, 4) is 0 Å². The molecule has 1 aromatic heterocycles. The fourth-order valence-electron chi connectivity index (χ4n) is 1.67. The van der Waals surface area contributed by atoms with Crippen LogP contribution in [0.5, 0.6) is 0 Å². The van der Waals surface area contributed by atoms with Crippen LogP contribution in [0, 0.1) is 0 Å². The van der Waals surface area contributed by atoms with E-state index >= 15 is 0 Å². The minimum atomic E-state index is -0.998. The molecule has 1 N–H and O–H groups in total. The molecule has 0 saturated carbocycles. The number of anilines is 1. The number of carboxylic acids is 1. The highest BCUT2D eigenvalue weighted by Gasteiger charge is 2.39. The van der Waals surface area contributed by atoms with Crippen molar-refractivity contribution < 1.29 is 14.7 Å². The van der Waals surface area contributed by atoms with Gasteiger partial charge in [-0.3, -0.25) is 9.88 Å². The zero-order valence-corrected chi connectivity index (χ0v) is 8.70. The van der Waals surface area contributed by atoms with Crippen LogP contribution in [0.15, 0.2) is 24.5 Å². The largest absolute Gasteiger partial charge is 0.480 e. The number of carboxylic acid groups (broad SMARTS) is 1. The highest BCUT2D eigenvalue weighted by Crippen LogP contribution is 2.21. The molecule has 0 aliphatic carbocycles. The van der Waals surface area contributed by atoms with Crippen LogP contribution in [0.3, 0.4) is 0 Å². The van der Waals surface area contributed by atoms with Gasteiger partial charge in [-0.25, -0.2) is 9.59 Å². The number of rotatable bonds is 2. The monoisotopic (exact) mass is 221 g/mol. The number of hydrogen-bond acceptors (Lipinski definition) is 3. The molecule has 1 aliphatic heterocycles. The first-order valence-electron chi connectivity index (χ1n) is 4.78. The summed E-state index contributed by atoms with van der Waals surface area (Å²) < 4.78 is 0. The van der Waals surface area contributed by atoms with E-state index in [4.69, 9.17) is 5.11 Å². The lowest BCUT2D eigenvalue weighted by molar-refractivity contribution is -0.140. The Bertz CT molecular complexity index is 421. The fourth-order valence-corrected chi connectivity index (χ4v) is 1.67. The van der Waals surface area contributed by atoms with Gasteiger partial charge in [0.05, 0.1) is 18.4 Å². The lowest BCUT2D eigenvalue weighted by Gasteiger charge is -2.14. The van der Waals surface area contributed by atoms with Crippen LogP contribution >= 0.6 is 0 Å². The van der Waals surface area contributed by atoms with Gasteiger partial charge in [0.2, 0.25) is 0 Å². The maximum absolute atomic E-state index is 11.8. The van der Waals surface area contributed by atoms with E-state index in [0.717, 1.165) is 0 Å². The number of hydrogen-bond donors (Lipinski definition) is 1. The van der Waals surface area contributed by atoms with Crippen molar-refractivity contribution in [2.24, 2.45) is 0 Å². The van der Waals surface area contributed by atoms with Gasteiger partial charge in [0.1, 0.15) is 6.04 Å². The van der Waals surface area contributed by atoms with E-state index < -0.39 is 12.0 Å². The van der Waals surface area contributed by atoms with Crippen molar-refractivity contribution in [3.63, 3.8) is 0 Å². The number of pyridine rings is 1. The molecular weight excluding hydrogens is 210 g/mol. The van der Waals surface area contributed by atoms with Crippen LogP contribution in [0.1, 0.15) is 0 Å². The fraction of sp³-hybridized carbons (Fsp3) is 0.300. The van der Waals surface area contributed by atoms with Crippen LogP contribution in [-0.2, 0) is 4.79 Å². The van der Waals surface area contributed by atoms with Crippen LogP contribution in [-0.4, -0.2) is 46.6 Å². The third-order valence-corrected chi connectivity index (χ3v) is 2.60. The van der Waals surface area contributed by atoms with Crippen molar-refractivity contribution in [2.75, 3.05) is 18.5 Å². The smallest absolute Gasteiger partial charge is 0.328 e. The van der Waals surface area contributed by atoms with Crippen LogP contribution in [0.25, 0.3) is 0 Å². The molecule has 1 aromatic rings. The lowest BCUT2D eigenvalue weighted by atomic mass is 10.3. The second-order valence-electron chi connectivity index (χ2n) is 3.57. The maximum atomic E-state index is 11.8. The average Bonchev–Trinajstić information content (AvgIpc) is 2.58. The van der Waals surface area contributed by atoms with Crippen molar-refractivity contribution in [2.45, 2.75) is 6.04 Å². The Labute approximate surface area is 92.1 Å². The van der Waals surface area contributed by atoms with Gasteiger partial charge >= 0.3 is 12.0 Å². The van der Waals surface area contributed by atoms with E-state index in [2.05, 4.69) is 4.98 Å². The Morgan fingerprint density at radius 3 is 2.88 bits per heavy atom. The van der Waals surface area contributed by atoms with E-state index in [1.807, 2.05) is 0 Å². The Balaban J connectivity index is 2.26. The van der Waals surface area contributed by atoms with Gasteiger partial charge in [0.25, 0.3) is 0 Å². The van der Waals surface area contributed by atoms with Crippen LogP contribution < -0.4 is 4.90 Å². The number of aromatic nitrogens is 1. The van der Waals surface area contributed by atoms with Gasteiger partial charge in [-0.2, -0.15) is 0 Å². The standard InChI is InChI=1S/C10H11N3O3/c1-12-8(9(14)15)6-13(10(12)16)7-3-2-4-11-5-7/h2-5,8H,6H2,1H3,(H,14,15). The molecule has 2 rings (SSSR count). The van der Waals surface area contributed by atoms with Crippen molar-refractivity contribution >= 4 is 17.7 Å². The molecule has 1 saturated heterocycles. The molecule has 0 radical (unpaired) electrons. The van der Waals surface area contributed by atoms with Crippen LogP contribution in [0.4, 0.5) is 10.5 Å². The van der Waals surface area contributed by atoms with E-state index in [9.17, 15) is 9.59 Å². The Kier molecular flexibility index (Phi) is 2.47. The zero-order chi connectivity index (χ0) is 11.7. The summed E-state index contributed by atoms with van der Waals surface area (Å²) >= 11 is 0. The van der Waals surface area contributed by atoms with Crippen molar-refractivity contribution in [3.05, 3.63) is 24.5 Å². The Morgan fingerprint density at radius 2 is 2.38 bits per heavy atom. The molecule has 2 heterocycles.